The normalized spacial score (nSPS) is 10.5. The lowest BCUT2D eigenvalue weighted by molar-refractivity contribution is -0.121. The Balaban J connectivity index is 1.50. The molecule has 1 aromatic heterocycles. The molecule has 0 aliphatic heterocycles. The summed E-state index contributed by atoms with van der Waals surface area (Å²) in [5, 5.41) is 2.95. The number of pyridine rings is 1. The van der Waals surface area contributed by atoms with Crippen molar-refractivity contribution < 1.29 is 13.6 Å². The molecule has 0 saturated carbocycles. The van der Waals surface area contributed by atoms with E-state index in [9.17, 15) is 13.6 Å². The van der Waals surface area contributed by atoms with E-state index in [1.165, 1.54) is 29.8 Å². The first-order chi connectivity index (χ1) is 15.1. The third kappa shape index (κ3) is 7.45. The van der Waals surface area contributed by atoms with Gasteiger partial charge in [-0.3, -0.25) is 9.78 Å². The van der Waals surface area contributed by atoms with Crippen molar-refractivity contribution >= 4 is 11.5 Å². The smallest absolute Gasteiger partial charge is 0.220 e. The van der Waals surface area contributed by atoms with E-state index in [1.54, 1.807) is 30.5 Å². The third-order valence-corrected chi connectivity index (χ3v) is 4.97. The summed E-state index contributed by atoms with van der Waals surface area (Å²) < 4.78 is 26.6. The van der Waals surface area contributed by atoms with E-state index in [-0.39, 0.29) is 17.5 Å². The van der Waals surface area contributed by atoms with E-state index in [1.807, 2.05) is 18.3 Å². The molecular weight excluding hydrogens is 394 g/mol. The number of allylic oxidation sites excluding steroid dienone is 1. The van der Waals surface area contributed by atoms with E-state index in [4.69, 9.17) is 0 Å². The molecular formula is C26H26F2N2O. The van der Waals surface area contributed by atoms with Gasteiger partial charge in [0, 0.05) is 25.4 Å². The Labute approximate surface area is 181 Å². The number of hydrogen-bond acceptors (Lipinski definition) is 2. The summed E-state index contributed by atoms with van der Waals surface area (Å²) in [4.78, 5) is 16.3. The van der Waals surface area contributed by atoms with Gasteiger partial charge in [-0.2, -0.15) is 0 Å². The predicted octanol–water partition coefficient (Wildman–Crippen LogP) is 5.71. The molecule has 0 radical (unpaired) electrons. The van der Waals surface area contributed by atoms with E-state index < -0.39 is 0 Å². The zero-order valence-electron chi connectivity index (χ0n) is 17.4. The van der Waals surface area contributed by atoms with Crippen LogP contribution < -0.4 is 5.32 Å². The average Bonchev–Trinajstić information content (AvgIpc) is 2.79. The Morgan fingerprint density at radius 2 is 1.55 bits per heavy atom. The van der Waals surface area contributed by atoms with Crippen LogP contribution in [0, 0.1) is 11.6 Å². The standard InChI is InChI=1S/C26H26F2N2O/c27-23-13-9-21(10-14-23)25(22-11-15-24(28)16-12-22)7-3-8-26(31)30-18-2-1-5-20-6-4-17-29-19-20/h4,6-7,9-17,19H,1-3,5,8,18H2,(H,30,31). The molecule has 1 N–H and O–H groups in total. The van der Waals surface area contributed by atoms with Gasteiger partial charge in [-0.1, -0.05) is 36.4 Å². The second-order valence-corrected chi connectivity index (χ2v) is 7.34. The number of rotatable bonds is 10. The van der Waals surface area contributed by atoms with Crippen molar-refractivity contribution in [2.45, 2.75) is 32.1 Å². The summed E-state index contributed by atoms with van der Waals surface area (Å²) in [6.07, 6.45) is 9.31. The first-order valence-corrected chi connectivity index (χ1v) is 10.5. The van der Waals surface area contributed by atoms with Crippen LogP contribution in [0.5, 0.6) is 0 Å². The van der Waals surface area contributed by atoms with Crippen LogP contribution in [0.4, 0.5) is 8.78 Å². The minimum Gasteiger partial charge on any atom is -0.356 e. The number of carbonyl (C=O) groups excluding carboxylic acids is 1. The lowest BCUT2D eigenvalue weighted by Crippen LogP contribution is -2.23. The fourth-order valence-corrected chi connectivity index (χ4v) is 3.33. The highest BCUT2D eigenvalue weighted by molar-refractivity contribution is 5.81. The van der Waals surface area contributed by atoms with Crippen molar-refractivity contribution in [1.29, 1.82) is 0 Å². The zero-order valence-corrected chi connectivity index (χ0v) is 17.4. The first kappa shape index (κ1) is 22.3. The molecule has 0 fully saturated rings. The second kappa shape index (κ2) is 11.7. The molecule has 3 aromatic rings. The SMILES string of the molecule is O=C(CCC=C(c1ccc(F)cc1)c1ccc(F)cc1)NCCCCc1cccnc1. The highest BCUT2D eigenvalue weighted by Crippen LogP contribution is 2.25. The summed E-state index contributed by atoms with van der Waals surface area (Å²) in [5.41, 5.74) is 3.70. The molecule has 2 aromatic carbocycles. The Morgan fingerprint density at radius 1 is 0.903 bits per heavy atom. The maximum Gasteiger partial charge on any atom is 0.220 e. The molecule has 0 spiro atoms. The number of hydrogen-bond donors (Lipinski definition) is 1. The number of nitrogens with zero attached hydrogens (tertiary/aromatic N) is 1. The van der Waals surface area contributed by atoms with E-state index in [0.29, 0.717) is 19.4 Å². The summed E-state index contributed by atoms with van der Waals surface area (Å²) in [5.74, 6) is -0.634. The largest absolute Gasteiger partial charge is 0.356 e. The molecule has 3 rings (SSSR count). The second-order valence-electron chi connectivity index (χ2n) is 7.34. The van der Waals surface area contributed by atoms with Crippen LogP contribution in [0.25, 0.3) is 5.57 Å². The van der Waals surface area contributed by atoms with Crippen molar-refractivity contribution in [3.05, 3.63) is 107 Å². The number of nitrogens with one attached hydrogen (secondary N) is 1. The molecule has 0 aliphatic carbocycles. The lowest BCUT2D eigenvalue weighted by atomic mass is 9.96. The highest BCUT2D eigenvalue weighted by Gasteiger charge is 2.07. The summed E-state index contributed by atoms with van der Waals surface area (Å²) in [6.45, 7) is 0.644. The molecule has 0 bridgehead atoms. The molecule has 0 saturated heterocycles. The van der Waals surface area contributed by atoms with E-state index >= 15 is 0 Å². The molecule has 5 heteroatoms. The van der Waals surface area contributed by atoms with Gasteiger partial charge in [0.25, 0.3) is 0 Å². The summed E-state index contributed by atoms with van der Waals surface area (Å²) >= 11 is 0. The van der Waals surface area contributed by atoms with Gasteiger partial charge in [-0.25, -0.2) is 8.78 Å². The predicted molar refractivity (Wildman–Crippen MR) is 119 cm³/mol. The fourth-order valence-electron chi connectivity index (χ4n) is 3.33. The quantitative estimate of drug-likeness (QED) is 0.427. The third-order valence-electron chi connectivity index (χ3n) is 4.97. The monoisotopic (exact) mass is 420 g/mol. The topological polar surface area (TPSA) is 42.0 Å². The molecule has 1 amide bonds. The van der Waals surface area contributed by atoms with Crippen LogP contribution in [-0.4, -0.2) is 17.4 Å². The Bertz CT molecular complexity index is 937. The number of aryl methyl sites for hydroxylation is 1. The van der Waals surface area contributed by atoms with Gasteiger partial charge in [-0.15, -0.1) is 0 Å². The van der Waals surface area contributed by atoms with Gasteiger partial charge in [-0.05, 0) is 78.3 Å². The van der Waals surface area contributed by atoms with Crippen LogP contribution in [0.1, 0.15) is 42.4 Å². The number of benzene rings is 2. The van der Waals surface area contributed by atoms with Crippen LogP contribution >= 0.6 is 0 Å². The molecule has 0 aliphatic rings. The van der Waals surface area contributed by atoms with Crippen LogP contribution in [0.3, 0.4) is 0 Å². The van der Waals surface area contributed by atoms with Crippen LogP contribution in [-0.2, 0) is 11.2 Å². The number of aromatic nitrogens is 1. The van der Waals surface area contributed by atoms with Crippen molar-refractivity contribution in [3.8, 4) is 0 Å². The first-order valence-electron chi connectivity index (χ1n) is 10.5. The van der Waals surface area contributed by atoms with E-state index in [0.717, 1.165) is 36.0 Å². The average molecular weight is 421 g/mol. The summed E-state index contributed by atoms with van der Waals surface area (Å²) in [7, 11) is 0. The van der Waals surface area contributed by atoms with Gasteiger partial charge in [0.05, 0.1) is 0 Å². The van der Waals surface area contributed by atoms with Gasteiger partial charge < -0.3 is 5.32 Å². The lowest BCUT2D eigenvalue weighted by Gasteiger charge is -2.10. The minimum absolute atomic E-state index is 0.00445. The Hall–Kier alpha value is -3.34. The number of halogens is 2. The molecule has 31 heavy (non-hydrogen) atoms. The van der Waals surface area contributed by atoms with E-state index in [2.05, 4.69) is 16.4 Å². The van der Waals surface area contributed by atoms with Crippen molar-refractivity contribution in [3.63, 3.8) is 0 Å². The Morgan fingerprint density at radius 3 is 2.13 bits per heavy atom. The van der Waals surface area contributed by atoms with Gasteiger partial charge in [0.1, 0.15) is 11.6 Å². The fraction of sp³-hybridized carbons (Fsp3) is 0.231. The van der Waals surface area contributed by atoms with Crippen molar-refractivity contribution in [2.75, 3.05) is 6.54 Å². The minimum atomic E-state index is -0.315. The van der Waals surface area contributed by atoms with Crippen molar-refractivity contribution in [2.24, 2.45) is 0 Å². The number of unbranched alkanes of at least 4 members (excludes halogenated alkanes) is 1. The maximum atomic E-state index is 13.3. The molecule has 1 heterocycles. The van der Waals surface area contributed by atoms with Crippen LogP contribution in [0.15, 0.2) is 79.1 Å². The molecule has 3 nitrogen and oxygen atoms in total. The van der Waals surface area contributed by atoms with Gasteiger partial charge >= 0.3 is 0 Å². The van der Waals surface area contributed by atoms with Gasteiger partial charge in [0.15, 0.2) is 0 Å². The van der Waals surface area contributed by atoms with Gasteiger partial charge in [0.2, 0.25) is 5.91 Å². The molecule has 160 valence electrons. The van der Waals surface area contributed by atoms with Crippen LogP contribution in [0.2, 0.25) is 0 Å². The number of carbonyl (C=O) groups is 1. The summed E-state index contributed by atoms with van der Waals surface area (Å²) in [6, 6.07) is 16.3. The number of amides is 1. The van der Waals surface area contributed by atoms with Crippen molar-refractivity contribution in [1.82, 2.24) is 10.3 Å². The Kier molecular flexibility index (Phi) is 8.47. The zero-order chi connectivity index (χ0) is 21.9. The highest BCUT2D eigenvalue weighted by atomic mass is 19.1. The molecule has 0 atom stereocenters. The maximum absolute atomic E-state index is 13.3. The molecule has 0 unspecified atom stereocenters.